The highest BCUT2D eigenvalue weighted by Crippen LogP contribution is 2.29. The summed E-state index contributed by atoms with van der Waals surface area (Å²) >= 11 is 0. The molecular formula is C24H27N3O2. The van der Waals surface area contributed by atoms with Crippen LogP contribution in [0.1, 0.15) is 6.92 Å². The van der Waals surface area contributed by atoms with Crippen LogP contribution < -0.4 is 15.0 Å². The highest BCUT2D eigenvalue weighted by molar-refractivity contribution is 6.02. The van der Waals surface area contributed by atoms with Crippen molar-refractivity contribution >= 4 is 28.1 Å². The third-order valence-corrected chi connectivity index (χ3v) is 5.31. The van der Waals surface area contributed by atoms with Gasteiger partial charge in [-0.15, -0.1) is 0 Å². The van der Waals surface area contributed by atoms with Gasteiger partial charge in [-0.1, -0.05) is 48.5 Å². The summed E-state index contributed by atoms with van der Waals surface area (Å²) in [6.07, 6.45) is 0. The molecule has 0 radical (unpaired) electrons. The Morgan fingerprint density at radius 2 is 1.66 bits per heavy atom. The van der Waals surface area contributed by atoms with Crippen molar-refractivity contribution < 1.29 is 9.53 Å². The maximum Gasteiger partial charge on any atom is 0.238 e. The summed E-state index contributed by atoms with van der Waals surface area (Å²) in [5.41, 5.74) is 2.01. The van der Waals surface area contributed by atoms with Crippen LogP contribution >= 0.6 is 0 Å². The Balaban J connectivity index is 1.34. The Labute approximate surface area is 171 Å². The molecule has 1 saturated heterocycles. The van der Waals surface area contributed by atoms with E-state index < -0.39 is 0 Å². The molecule has 0 saturated carbocycles. The number of rotatable bonds is 6. The summed E-state index contributed by atoms with van der Waals surface area (Å²) in [5, 5.41) is 5.29. The lowest BCUT2D eigenvalue weighted by molar-refractivity contribution is -0.117. The number of carbonyl (C=O) groups is 1. The van der Waals surface area contributed by atoms with Gasteiger partial charge in [-0.05, 0) is 30.5 Å². The van der Waals surface area contributed by atoms with Crippen LogP contribution in [0.3, 0.4) is 0 Å². The molecule has 29 heavy (non-hydrogen) atoms. The van der Waals surface area contributed by atoms with Gasteiger partial charge in [-0.2, -0.15) is 0 Å². The maximum atomic E-state index is 12.6. The summed E-state index contributed by atoms with van der Waals surface area (Å²) in [7, 11) is 0. The van der Waals surface area contributed by atoms with Crippen LogP contribution in [0, 0.1) is 0 Å². The number of fused-ring (bicyclic) bond motifs is 1. The third kappa shape index (κ3) is 4.51. The standard InChI is InChI=1S/C24H27N3O2/c1-2-29-23-13-6-5-12-22(23)27-16-14-26(15-17-27)18-24(28)25-21-11-7-9-19-8-3-4-10-20(19)21/h3-13H,2,14-18H2,1H3,(H,25,28). The molecule has 0 unspecified atom stereocenters. The summed E-state index contributed by atoms with van der Waals surface area (Å²) in [6, 6.07) is 22.3. The molecule has 0 aromatic heterocycles. The van der Waals surface area contributed by atoms with Crippen molar-refractivity contribution in [3.05, 3.63) is 66.7 Å². The van der Waals surface area contributed by atoms with Crippen molar-refractivity contribution in [2.24, 2.45) is 0 Å². The maximum absolute atomic E-state index is 12.6. The first-order valence-corrected chi connectivity index (χ1v) is 10.2. The van der Waals surface area contributed by atoms with Crippen molar-refractivity contribution in [1.29, 1.82) is 0 Å². The second-order valence-electron chi connectivity index (χ2n) is 7.24. The summed E-state index contributed by atoms with van der Waals surface area (Å²) < 4.78 is 5.76. The predicted molar refractivity (Wildman–Crippen MR) is 119 cm³/mol. The number of benzene rings is 3. The van der Waals surface area contributed by atoms with Crippen molar-refractivity contribution in [3.63, 3.8) is 0 Å². The zero-order valence-corrected chi connectivity index (χ0v) is 16.8. The molecule has 0 aliphatic carbocycles. The van der Waals surface area contributed by atoms with Gasteiger partial charge < -0.3 is 15.0 Å². The van der Waals surface area contributed by atoms with Crippen LogP contribution in [0.5, 0.6) is 5.75 Å². The first kappa shape index (κ1) is 19.3. The largest absolute Gasteiger partial charge is 0.492 e. The molecule has 4 rings (SSSR count). The van der Waals surface area contributed by atoms with Gasteiger partial charge in [0.1, 0.15) is 5.75 Å². The molecule has 1 fully saturated rings. The van der Waals surface area contributed by atoms with Gasteiger partial charge in [-0.25, -0.2) is 0 Å². The van der Waals surface area contributed by atoms with E-state index in [0.29, 0.717) is 13.2 Å². The zero-order valence-electron chi connectivity index (χ0n) is 16.8. The number of para-hydroxylation sites is 2. The highest BCUT2D eigenvalue weighted by atomic mass is 16.5. The molecule has 5 nitrogen and oxygen atoms in total. The Kier molecular flexibility index (Phi) is 5.96. The molecule has 0 spiro atoms. The monoisotopic (exact) mass is 389 g/mol. The SMILES string of the molecule is CCOc1ccccc1N1CCN(CC(=O)Nc2cccc3ccccc23)CC1. The molecule has 1 aliphatic rings. The number of anilines is 2. The van der Waals surface area contributed by atoms with Gasteiger partial charge in [0.05, 0.1) is 18.8 Å². The fraction of sp³-hybridized carbons (Fsp3) is 0.292. The van der Waals surface area contributed by atoms with Crippen LogP contribution in [0.25, 0.3) is 10.8 Å². The first-order chi connectivity index (χ1) is 14.2. The summed E-state index contributed by atoms with van der Waals surface area (Å²) in [4.78, 5) is 17.2. The second-order valence-corrected chi connectivity index (χ2v) is 7.24. The lowest BCUT2D eigenvalue weighted by atomic mass is 10.1. The molecule has 5 heteroatoms. The topological polar surface area (TPSA) is 44.8 Å². The second kappa shape index (κ2) is 8.97. The fourth-order valence-electron chi connectivity index (χ4n) is 3.87. The van der Waals surface area contributed by atoms with E-state index in [-0.39, 0.29) is 5.91 Å². The fourth-order valence-corrected chi connectivity index (χ4v) is 3.87. The van der Waals surface area contributed by atoms with E-state index in [0.717, 1.165) is 54.1 Å². The van der Waals surface area contributed by atoms with Crippen molar-refractivity contribution in [2.75, 3.05) is 49.5 Å². The molecule has 3 aromatic rings. The van der Waals surface area contributed by atoms with Crippen molar-refractivity contribution in [1.82, 2.24) is 4.90 Å². The van der Waals surface area contributed by atoms with Gasteiger partial charge in [-0.3, -0.25) is 9.69 Å². The zero-order chi connectivity index (χ0) is 20.1. The molecule has 3 aromatic carbocycles. The van der Waals surface area contributed by atoms with Gasteiger partial charge in [0.2, 0.25) is 5.91 Å². The van der Waals surface area contributed by atoms with E-state index in [2.05, 4.69) is 33.3 Å². The molecule has 0 bridgehead atoms. The molecule has 1 amide bonds. The van der Waals surface area contributed by atoms with Crippen LogP contribution in [0.15, 0.2) is 66.7 Å². The van der Waals surface area contributed by atoms with Crippen LogP contribution in [-0.2, 0) is 4.79 Å². The Morgan fingerprint density at radius 1 is 0.931 bits per heavy atom. The smallest absolute Gasteiger partial charge is 0.238 e. The minimum Gasteiger partial charge on any atom is -0.492 e. The minimum atomic E-state index is 0.0320. The van der Waals surface area contributed by atoms with E-state index in [1.807, 2.05) is 55.5 Å². The van der Waals surface area contributed by atoms with Crippen LogP contribution in [-0.4, -0.2) is 50.1 Å². The highest BCUT2D eigenvalue weighted by Gasteiger charge is 2.21. The van der Waals surface area contributed by atoms with Gasteiger partial charge >= 0.3 is 0 Å². The van der Waals surface area contributed by atoms with Gasteiger partial charge in [0.15, 0.2) is 0 Å². The average molecular weight is 389 g/mol. The number of ether oxygens (including phenoxy) is 1. The van der Waals surface area contributed by atoms with Crippen LogP contribution in [0.2, 0.25) is 0 Å². The predicted octanol–water partition coefficient (Wildman–Crippen LogP) is 4.00. The summed E-state index contributed by atoms with van der Waals surface area (Å²) in [6.45, 7) is 6.53. The van der Waals surface area contributed by atoms with Crippen LogP contribution in [0.4, 0.5) is 11.4 Å². The molecular weight excluding hydrogens is 362 g/mol. The van der Waals surface area contributed by atoms with Gasteiger partial charge in [0, 0.05) is 37.3 Å². The van der Waals surface area contributed by atoms with E-state index in [4.69, 9.17) is 4.74 Å². The first-order valence-electron chi connectivity index (χ1n) is 10.2. The van der Waals surface area contributed by atoms with E-state index in [1.54, 1.807) is 0 Å². The quantitative estimate of drug-likeness (QED) is 0.692. The number of nitrogens with one attached hydrogen (secondary N) is 1. The molecule has 1 heterocycles. The van der Waals surface area contributed by atoms with E-state index in [1.165, 1.54) is 0 Å². The number of piperazine rings is 1. The molecule has 150 valence electrons. The Bertz CT molecular complexity index is 975. The lowest BCUT2D eigenvalue weighted by Crippen LogP contribution is -2.48. The number of hydrogen-bond donors (Lipinski definition) is 1. The molecule has 1 aliphatic heterocycles. The van der Waals surface area contributed by atoms with Crippen molar-refractivity contribution in [3.8, 4) is 5.75 Å². The number of nitrogens with zero attached hydrogens (tertiary/aromatic N) is 2. The number of amides is 1. The van der Waals surface area contributed by atoms with E-state index in [9.17, 15) is 4.79 Å². The lowest BCUT2D eigenvalue weighted by Gasteiger charge is -2.36. The van der Waals surface area contributed by atoms with Gasteiger partial charge in [0.25, 0.3) is 0 Å². The normalized spacial score (nSPS) is 14.7. The Morgan fingerprint density at radius 3 is 2.48 bits per heavy atom. The molecule has 1 N–H and O–H groups in total. The number of hydrogen-bond acceptors (Lipinski definition) is 4. The third-order valence-electron chi connectivity index (χ3n) is 5.31. The molecule has 0 atom stereocenters. The number of carbonyl (C=O) groups excluding carboxylic acids is 1. The average Bonchev–Trinajstić information content (AvgIpc) is 2.75. The van der Waals surface area contributed by atoms with Crippen molar-refractivity contribution in [2.45, 2.75) is 6.92 Å². The Hall–Kier alpha value is -3.05. The summed E-state index contributed by atoms with van der Waals surface area (Å²) in [5.74, 6) is 0.960. The van der Waals surface area contributed by atoms with E-state index >= 15 is 0 Å². The minimum absolute atomic E-state index is 0.0320.